The van der Waals surface area contributed by atoms with Crippen LogP contribution in [0.3, 0.4) is 0 Å². The van der Waals surface area contributed by atoms with E-state index in [4.69, 9.17) is 9.73 Å². The Balaban J connectivity index is 1.37. The molecule has 2 aliphatic heterocycles. The number of aryl methyl sites for hydroxylation is 1. The van der Waals surface area contributed by atoms with Crippen LogP contribution in [0, 0.1) is 12.8 Å². The highest BCUT2D eigenvalue weighted by Crippen LogP contribution is 2.19. The number of guanidine groups is 1. The van der Waals surface area contributed by atoms with Crippen LogP contribution in [-0.4, -0.2) is 81.3 Å². The van der Waals surface area contributed by atoms with Gasteiger partial charge in [-0.3, -0.25) is 9.89 Å². The summed E-state index contributed by atoms with van der Waals surface area (Å²) in [7, 11) is 1.78. The third-order valence-corrected chi connectivity index (χ3v) is 6.84. The lowest BCUT2D eigenvalue weighted by Crippen LogP contribution is -2.49. The molecule has 0 unspecified atom stereocenters. The molecule has 2 N–H and O–H groups in total. The summed E-state index contributed by atoms with van der Waals surface area (Å²) in [5, 5.41) is 7.17. The van der Waals surface area contributed by atoms with Crippen molar-refractivity contribution in [1.82, 2.24) is 20.4 Å². The van der Waals surface area contributed by atoms with Gasteiger partial charge in [-0.15, -0.1) is 0 Å². The van der Waals surface area contributed by atoms with Crippen molar-refractivity contribution in [2.75, 3.05) is 59.5 Å². The second kappa shape index (κ2) is 13.8. The minimum atomic E-state index is 0.530. The first-order chi connectivity index (χ1) is 15.7. The quantitative estimate of drug-likeness (QED) is 0.330. The Morgan fingerprint density at radius 2 is 1.72 bits per heavy atom. The molecule has 2 aliphatic rings. The third-order valence-electron chi connectivity index (χ3n) is 6.84. The molecular formula is C26H45N5O. The lowest BCUT2D eigenvalue weighted by Gasteiger charge is -2.33. The first-order valence-electron chi connectivity index (χ1n) is 12.7. The number of hydrogen-bond donors (Lipinski definition) is 2. The Bertz CT molecular complexity index is 661. The minimum absolute atomic E-state index is 0.530. The fraction of sp³-hybridized carbons (Fsp3) is 0.731. The first-order valence-corrected chi connectivity index (χ1v) is 12.7. The number of nitrogens with zero attached hydrogens (tertiary/aromatic N) is 3. The minimum Gasteiger partial charge on any atom is -0.385 e. The van der Waals surface area contributed by atoms with Gasteiger partial charge >= 0.3 is 0 Å². The number of benzene rings is 1. The SMILES string of the molecule is CCNC(=NCC1CCN(Cc2ccc(C)cc2)CC1)NC1CCN(CCCOC)CC1. The number of aliphatic imine (C=N–C) groups is 1. The molecular weight excluding hydrogens is 398 g/mol. The maximum Gasteiger partial charge on any atom is 0.191 e. The maximum absolute atomic E-state index is 5.18. The van der Waals surface area contributed by atoms with Crippen molar-refractivity contribution in [1.29, 1.82) is 0 Å². The molecule has 6 nitrogen and oxygen atoms in total. The Hall–Kier alpha value is -1.63. The monoisotopic (exact) mass is 443 g/mol. The second-order valence-corrected chi connectivity index (χ2v) is 9.53. The zero-order valence-electron chi connectivity index (χ0n) is 20.6. The maximum atomic E-state index is 5.18. The molecule has 180 valence electrons. The summed E-state index contributed by atoms with van der Waals surface area (Å²) >= 11 is 0. The Morgan fingerprint density at radius 1 is 1.03 bits per heavy atom. The van der Waals surface area contributed by atoms with Crippen molar-refractivity contribution < 1.29 is 4.74 Å². The number of ether oxygens (including phenoxy) is 1. The van der Waals surface area contributed by atoms with Gasteiger partial charge in [-0.25, -0.2) is 0 Å². The molecule has 0 aromatic heterocycles. The van der Waals surface area contributed by atoms with E-state index in [9.17, 15) is 0 Å². The predicted molar refractivity (Wildman–Crippen MR) is 134 cm³/mol. The average molecular weight is 444 g/mol. The lowest BCUT2D eigenvalue weighted by molar-refractivity contribution is 0.155. The van der Waals surface area contributed by atoms with Crippen LogP contribution in [0.4, 0.5) is 0 Å². The first kappa shape index (κ1) is 25.0. The smallest absolute Gasteiger partial charge is 0.191 e. The molecule has 0 spiro atoms. The van der Waals surface area contributed by atoms with Gasteiger partial charge in [-0.05, 0) is 70.5 Å². The van der Waals surface area contributed by atoms with Gasteiger partial charge < -0.3 is 20.3 Å². The molecule has 1 aromatic carbocycles. The fourth-order valence-corrected chi connectivity index (χ4v) is 4.75. The van der Waals surface area contributed by atoms with E-state index < -0.39 is 0 Å². The molecule has 2 fully saturated rings. The van der Waals surface area contributed by atoms with Gasteiger partial charge in [0.25, 0.3) is 0 Å². The molecule has 0 atom stereocenters. The molecule has 2 heterocycles. The summed E-state index contributed by atoms with van der Waals surface area (Å²) in [6.45, 7) is 13.9. The number of methoxy groups -OCH3 is 1. The summed E-state index contributed by atoms with van der Waals surface area (Å²) in [6, 6.07) is 9.51. The summed E-state index contributed by atoms with van der Waals surface area (Å²) in [5.41, 5.74) is 2.76. The van der Waals surface area contributed by atoms with E-state index in [-0.39, 0.29) is 0 Å². The number of likely N-dealkylation sites (tertiary alicyclic amines) is 2. The molecule has 0 bridgehead atoms. The van der Waals surface area contributed by atoms with Crippen molar-refractivity contribution in [2.24, 2.45) is 10.9 Å². The normalized spacial score (nSPS) is 19.9. The Kier molecular flexibility index (Phi) is 10.8. The van der Waals surface area contributed by atoms with Crippen LogP contribution in [0.25, 0.3) is 0 Å². The standard InChI is InChI=1S/C26H45N5O/c1-4-27-26(29-25-12-17-30(18-13-25)14-5-19-32-3)28-20-23-10-15-31(16-11-23)21-24-8-6-22(2)7-9-24/h6-9,23,25H,4-5,10-21H2,1-3H3,(H2,27,28,29). The van der Waals surface area contributed by atoms with Crippen LogP contribution >= 0.6 is 0 Å². The number of rotatable bonds is 10. The van der Waals surface area contributed by atoms with Gasteiger partial charge in [0.2, 0.25) is 0 Å². The summed E-state index contributed by atoms with van der Waals surface area (Å²) in [4.78, 5) is 10.1. The number of hydrogen-bond acceptors (Lipinski definition) is 4. The summed E-state index contributed by atoms with van der Waals surface area (Å²) in [5.74, 6) is 1.70. The highest BCUT2D eigenvalue weighted by atomic mass is 16.5. The molecule has 32 heavy (non-hydrogen) atoms. The highest BCUT2D eigenvalue weighted by molar-refractivity contribution is 5.80. The van der Waals surface area contributed by atoms with Crippen LogP contribution in [0.2, 0.25) is 0 Å². The van der Waals surface area contributed by atoms with E-state index in [1.807, 2.05) is 0 Å². The summed E-state index contributed by atoms with van der Waals surface area (Å²) < 4.78 is 5.18. The van der Waals surface area contributed by atoms with Gasteiger partial charge in [0, 0.05) is 59.0 Å². The largest absolute Gasteiger partial charge is 0.385 e. The summed E-state index contributed by atoms with van der Waals surface area (Å²) in [6.07, 6.45) is 6.00. The van der Waals surface area contributed by atoms with Gasteiger partial charge in [-0.2, -0.15) is 0 Å². The van der Waals surface area contributed by atoms with E-state index in [2.05, 4.69) is 58.5 Å². The molecule has 0 radical (unpaired) electrons. The topological polar surface area (TPSA) is 52.1 Å². The molecule has 0 aliphatic carbocycles. The van der Waals surface area contributed by atoms with Gasteiger partial charge in [0.15, 0.2) is 5.96 Å². The zero-order chi connectivity index (χ0) is 22.6. The molecule has 3 rings (SSSR count). The molecule has 2 saturated heterocycles. The number of piperidine rings is 2. The fourth-order valence-electron chi connectivity index (χ4n) is 4.75. The van der Waals surface area contributed by atoms with Crippen molar-refractivity contribution >= 4 is 5.96 Å². The second-order valence-electron chi connectivity index (χ2n) is 9.53. The van der Waals surface area contributed by atoms with Crippen LogP contribution in [0.1, 0.15) is 50.2 Å². The van der Waals surface area contributed by atoms with Gasteiger partial charge in [0.1, 0.15) is 0 Å². The Morgan fingerprint density at radius 3 is 2.38 bits per heavy atom. The average Bonchev–Trinajstić information content (AvgIpc) is 2.81. The number of nitrogens with one attached hydrogen (secondary N) is 2. The van der Waals surface area contributed by atoms with E-state index in [0.29, 0.717) is 12.0 Å². The van der Waals surface area contributed by atoms with Crippen LogP contribution in [0.15, 0.2) is 29.3 Å². The lowest BCUT2D eigenvalue weighted by atomic mass is 9.96. The van der Waals surface area contributed by atoms with Crippen LogP contribution in [-0.2, 0) is 11.3 Å². The van der Waals surface area contributed by atoms with E-state index >= 15 is 0 Å². The molecule has 0 amide bonds. The van der Waals surface area contributed by atoms with E-state index in [0.717, 1.165) is 45.2 Å². The van der Waals surface area contributed by atoms with Gasteiger partial charge in [0.05, 0.1) is 0 Å². The zero-order valence-corrected chi connectivity index (χ0v) is 20.6. The van der Waals surface area contributed by atoms with Crippen molar-refractivity contribution in [3.63, 3.8) is 0 Å². The van der Waals surface area contributed by atoms with Crippen molar-refractivity contribution in [2.45, 2.75) is 58.5 Å². The molecule has 6 heteroatoms. The van der Waals surface area contributed by atoms with Crippen molar-refractivity contribution in [3.05, 3.63) is 35.4 Å². The van der Waals surface area contributed by atoms with Crippen LogP contribution < -0.4 is 10.6 Å². The van der Waals surface area contributed by atoms with E-state index in [1.54, 1.807) is 7.11 Å². The third kappa shape index (κ3) is 8.72. The predicted octanol–water partition coefficient (Wildman–Crippen LogP) is 3.26. The highest BCUT2D eigenvalue weighted by Gasteiger charge is 2.21. The Labute approximate surface area is 195 Å². The van der Waals surface area contributed by atoms with Crippen molar-refractivity contribution in [3.8, 4) is 0 Å². The van der Waals surface area contributed by atoms with E-state index in [1.165, 1.54) is 63.0 Å². The molecule has 1 aromatic rings. The van der Waals surface area contributed by atoms with Crippen LogP contribution in [0.5, 0.6) is 0 Å². The van der Waals surface area contributed by atoms with Gasteiger partial charge in [-0.1, -0.05) is 29.8 Å². The molecule has 0 saturated carbocycles.